The van der Waals surface area contributed by atoms with Gasteiger partial charge in [0.1, 0.15) is 0 Å². The molecule has 0 aromatic heterocycles. The van der Waals surface area contributed by atoms with E-state index in [4.69, 9.17) is 0 Å². The van der Waals surface area contributed by atoms with E-state index >= 15 is 0 Å². The molecule has 0 heterocycles. The standard InChI is InChI=1S/C12H20N2O2S.ClH/c1-11-5-7-12(8-6-11)17(15,16)13-9-4-10-14(2)3;/h5-8,13H,4,9-10H2,1-3H3;1H/p-1. The van der Waals surface area contributed by atoms with E-state index in [9.17, 15) is 8.42 Å². The lowest BCUT2D eigenvalue weighted by Crippen LogP contribution is -3.00. The quantitative estimate of drug-likeness (QED) is 0.631. The van der Waals surface area contributed by atoms with E-state index in [0.29, 0.717) is 11.4 Å². The number of nitrogens with one attached hydrogen (secondary N) is 1. The highest BCUT2D eigenvalue weighted by atomic mass is 35.5. The van der Waals surface area contributed by atoms with Gasteiger partial charge in [-0.2, -0.15) is 0 Å². The largest absolute Gasteiger partial charge is 1.00 e. The van der Waals surface area contributed by atoms with Gasteiger partial charge in [-0.3, -0.25) is 0 Å². The molecule has 0 aliphatic rings. The van der Waals surface area contributed by atoms with Gasteiger partial charge in [-0.25, -0.2) is 13.1 Å². The molecule has 0 radical (unpaired) electrons. The summed E-state index contributed by atoms with van der Waals surface area (Å²) in [5.74, 6) is 0. The third-order valence-electron chi connectivity index (χ3n) is 2.41. The summed E-state index contributed by atoms with van der Waals surface area (Å²) in [4.78, 5) is 2.35. The van der Waals surface area contributed by atoms with Crippen LogP contribution in [0.5, 0.6) is 0 Å². The fourth-order valence-electron chi connectivity index (χ4n) is 1.40. The van der Waals surface area contributed by atoms with E-state index in [-0.39, 0.29) is 12.4 Å². The van der Waals surface area contributed by atoms with E-state index in [0.717, 1.165) is 18.5 Å². The predicted molar refractivity (Wildman–Crippen MR) is 69.5 cm³/mol. The average molecular weight is 292 g/mol. The van der Waals surface area contributed by atoms with Gasteiger partial charge >= 0.3 is 0 Å². The second-order valence-corrected chi connectivity index (χ2v) is 6.13. The first-order valence-corrected chi connectivity index (χ1v) is 7.11. The smallest absolute Gasteiger partial charge is 0.240 e. The summed E-state index contributed by atoms with van der Waals surface area (Å²) in [5, 5.41) is 0. The molecule has 0 aliphatic carbocycles. The molecule has 18 heavy (non-hydrogen) atoms. The maximum atomic E-state index is 11.9. The van der Waals surface area contributed by atoms with Crippen molar-refractivity contribution in [3.63, 3.8) is 0 Å². The van der Waals surface area contributed by atoms with Gasteiger partial charge in [-0.15, -0.1) is 0 Å². The summed E-state index contributed by atoms with van der Waals surface area (Å²) in [6, 6.07) is 6.86. The maximum absolute atomic E-state index is 11.9. The summed E-state index contributed by atoms with van der Waals surface area (Å²) >= 11 is 0. The topological polar surface area (TPSA) is 49.4 Å². The molecule has 6 heteroatoms. The molecule has 1 N–H and O–H groups in total. The molecule has 1 aromatic rings. The molecule has 0 saturated heterocycles. The van der Waals surface area contributed by atoms with E-state index in [1.807, 2.05) is 25.9 Å². The third kappa shape index (κ3) is 5.82. The van der Waals surface area contributed by atoms with Crippen LogP contribution < -0.4 is 17.1 Å². The number of halogens is 1. The van der Waals surface area contributed by atoms with E-state index in [2.05, 4.69) is 4.72 Å². The van der Waals surface area contributed by atoms with Crippen LogP contribution in [-0.2, 0) is 10.0 Å². The van der Waals surface area contributed by atoms with Crippen molar-refractivity contribution >= 4 is 10.0 Å². The van der Waals surface area contributed by atoms with Crippen molar-refractivity contribution in [2.45, 2.75) is 18.2 Å². The third-order valence-corrected chi connectivity index (χ3v) is 3.88. The van der Waals surface area contributed by atoms with Gasteiger partial charge in [0.25, 0.3) is 0 Å². The Labute approximate surface area is 116 Å². The number of nitrogens with zero attached hydrogens (tertiary/aromatic N) is 1. The molecule has 0 bridgehead atoms. The molecule has 0 saturated carbocycles. The maximum Gasteiger partial charge on any atom is 0.240 e. The number of rotatable bonds is 6. The molecule has 1 aromatic carbocycles. The predicted octanol–water partition coefficient (Wildman–Crippen LogP) is -1.77. The normalized spacial score (nSPS) is 11.3. The van der Waals surface area contributed by atoms with Crippen molar-refractivity contribution in [1.29, 1.82) is 0 Å². The first kappa shape index (κ1) is 17.4. The van der Waals surface area contributed by atoms with Crippen LogP contribution in [0.25, 0.3) is 0 Å². The fourth-order valence-corrected chi connectivity index (χ4v) is 2.48. The zero-order valence-electron chi connectivity index (χ0n) is 11.0. The summed E-state index contributed by atoms with van der Waals surface area (Å²) in [5.41, 5.74) is 1.05. The van der Waals surface area contributed by atoms with Crippen LogP contribution in [0.4, 0.5) is 0 Å². The minimum atomic E-state index is -3.34. The van der Waals surface area contributed by atoms with E-state index in [1.165, 1.54) is 0 Å². The number of sulfonamides is 1. The number of hydrogen-bond donors (Lipinski definition) is 1. The van der Waals surface area contributed by atoms with Gasteiger partial charge in [0.2, 0.25) is 10.0 Å². The van der Waals surface area contributed by atoms with Gasteiger partial charge in [-0.05, 0) is 46.1 Å². The molecule has 4 nitrogen and oxygen atoms in total. The first-order valence-electron chi connectivity index (χ1n) is 5.63. The van der Waals surface area contributed by atoms with Crippen LogP contribution in [0.2, 0.25) is 0 Å². The molecule has 0 spiro atoms. The lowest BCUT2D eigenvalue weighted by atomic mass is 10.2. The second kappa shape index (κ2) is 7.74. The van der Waals surface area contributed by atoms with Crippen molar-refractivity contribution in [3.05, 3.63) is 29.8 Å². The van der Waals surface area contributed by atoms with Crippen LogP contribution in [0.1, 0.15) is 12.0 Å². The van der Waals surface area contributed by atoms with Crippen LogP contribution >= 0.6 is 0 Å². The van der Waals surface area contributed by atoms with Gasteiger partial charge in [0, 0.05) is 6.54 Å². The molecule has 0 fully saturated rings. The molecule has 104 valence electrons. The zero-order chi connectivity index (χ0) is 12.9. The SMILES string of the molecule is Cc1ccc(S(=O)(=O)NCCCN(C)C)cc1.[Cl-]. The Hall–Kier alpha value is -0.620. The summed E-state index contributed by atoms with van der Waals surface area (Å²) in [6.07, 6.45) is 0.804. The second-order valence-electron chi connectivity index (χ2n) is 4.37. The van der Waals surface area contributed by atoms with Gasteiger partial charge < -0.3 is 17.3 Å². The molecule has 0 amide bonds. The van der Waals surface area contributed by atoms with Crippen molar-refractivity contribution in [3.8, 4) is 0 Å². The van der Waals surface area contributed by atoms with Gasteiger partial charge in [-0.1, -0.05) is 17.7 Å². The Morgan fingerprint density at radius 2 is 1.72 bits per heavy atom. The Balaban J connectivity index is 0.00000289. The van der Waals surface area contributed by atoms with Crippen LogP contribution in [0.15, 0.2) is 29.2 Å². The van der Waals surface area contributed by atoms with Gasteiger partial charge in [0.05, 0.1) is 4.90 Å². The summed E-state index contributed by atoms with van der Waals surface area (Å²) < 4.78 is 26.3. The average Bonchev–Trinajstić information content (AvgIpc) is 2.25. The molecular formula is C12H20ClN2O2S-. The van der Waals surface area contributed by atoms with Crippen LogP contribution in [0, 0.1) is 6.92 Å². The zero-order valence-corrected chi connectivity index (χ0v) is 12.6. The highest BCUT2D eigenvalue weighted by molar-refractivity contribution is 7.89. The molecule has 0 unspecified atom stereocenters. The van der Waals surface area contributed by atoms with Crippen LogP contribution in [0.3, 0.4) is 0 Å². The van der Waals surface area contributed by atoms with Crippen molar-refractivity contribution in [1.82, 2.24) is 9.62 Å². The van der Waals surface area contributed by atoms with Crippen molar-refractivity contribution in [2.75, 3.05) is 27.2 Å². The Morgan fingerprint density at radius 3 is 2.22 bits per heavy atom. The lowest BCUT2D eigenvalue weighted by molar-refractivity contribution is -0.00000629. The number of benzene rings is 1. The Bertz CT molecular complexity index is 444. The summed E-state index contributed by atoms with van der Waals surface area (Å²) in [7, 11) is 0.590. The lowest BCUT2D eigenvalue weighted by Gasteiger charge is -2.10. The minimum absolute atomic E-state index is 0. The number of hydrogen-bond acceptors (Lipinski definition) is 3. The van der Waals surface area contributed by atoms with Crippen LogP contribution in [-0.4, -0.2) is 40.5 Å². The van der Waals surface area contributed by atoms with E-state index in [1.54, 1.807) is 24.3 Å². The van der Waals surface area contributed by atoms with Crippen molar-refractivity contribution < 1.29 is 20.8 Å². The highest BCUT2D eigenvalue weighted by Gasteiger charge is 2.12. The van der Waals surface area contributed by atoms with Crippen molar-refractivity contribution in [2.24, 2.45) is 0 Å². The minimum Gasteiger partial charge on any atom is -1.00 e. The molecule has 0 aliphatic heterocycles. The highest BCUT2D eigenvalue weighted by Crippen LogP contribution is 2.09. The number of aryl methyl sites for hydroxylation is 1. The van der Waals surface area contributed by atoms with Gasteiger partial charge in [0.15, 0.2) is 0 Å². The Kier molecular flexibility index (Phi) is 7.47. The molecular weight excluding hydrogens is 272 g/mol. The van der Waals surface area contributed by atoms with E-state index < -0.39 is 10.0 Å². The molecule has 0 atom stereocenters. The monoisotopic (exact) mass is 291 g/mol. The first-order chi connectivity index (χ1) is 7.92. The fraction of sp³-hybridized carbons (Fsp3) is 0.500. The Morgan fingerprint density at radius 1 is 1.17 bits per heavy atom. The summed E-state index contributed by atoms with van der Waals surface area (Å²) in [6.45, 7) is 3.27. The molecule has 1 rings (SSSR count).